The van der Waals surface area contributed by atoms with E-state index in [4.69, 9.17) is 10.3 Å². The van der Waals surface area contributed by atoms with Gasteiger partial charge in [-0.05, 0) is 35.6 Å². The molecule has 0 aliphatic rings. The van der Waals surface area contributed by atoms with Crippen LogP contribution in [0, 0.1) is 6.92 Å². The van der Waals surface area contributed by atoms with Crippen molar-refractivity contribution in [3.8, 4) is 22.4 Å². The number of hydrogen-bond donors (Lipinski definition) is 1. The Hall–Kier alpha value is -1.59. The van der Waals surface area contributed by atoms with Crippen LogP contribution in [-0.2, 0) is 0 Å². The van der Waals surface area contributed by atoms with E-state index < -0.39 is 0 Å². The van der Waals surface area contributed by atoms with Crippen LogP contribution in [0.3, 0.4) is 0 Å². The molecule has 0 saturated heterocycles. The summed E-state index contributed by atoms with van der Waals surface area (Å²) in [6, 6.07) is 7.95. The fourth-order valence-corrected chi connectivity index (χ4v) is 3.24. The summed E-state index contributed by atoms with van der Waals surface area (Å²) in [6.45, 7) is 2.06. The third-order valence-electron chi connectivity index (χ3n) is 2.94. The van der Waals surface area contributed by atoms with Gasteiger partial charge in [0.25, 0.3) is 0 Å². The van der Waals surface area contributed by atoms with E-state index in [1.807, 2.05) is 24.3 Å². The van der Waals surface area contributed by atoms with Gasteiger partial charge >= 0.3 is 0 Å². The molecule has 19 heavy (non-hydrogen) atoms. The highest BCUT2D eigenvalue weighted by Gasteiger charge is 2.19. The number of anilines is 1. The summed E-state index contributed by atoms with van der Waals surface area (Å²) in [7, 11) is 0. The molecule has 2 heterocycles. The molecule has 0 aliphatic heterocycles. The second kappa shape index (κ2) is 4.83. The zero-order chi connectivity index (χ0) is 13.4. The summed E-state index contributed by atoms with van der Waals surface area (Å²) in [5.41, 5.74) is 10.8. The molecule has 0 radical (unpaired) electrons. The summed E-state index contributed by atoms with van der Waals surface area (Å²) in [6.07, 6.45) is 0. The van der Waals surface area contributed by atoms with E-state index in [0.29, 0.717) is 5.88 Å². The first-order chi connectivity index (χ1) is 9.16. The molecule has 0 saturated carbocycles. The molecule has 0 aliphatic carbocycles. The Morgan fingerprint density at radius 3 is 2.84 bits per heavy atom. The van der Waals surface area contributed by atoms with Crippen molar-refractivity contribution in [2.75, 3.05) is 5.73 Å². The Labute approximate surface area is 123 Å². The Morgan fingerprint density at radius 2 is 2.16 bits per heavy atom. The number of hydrogen-bond acceptors (Lipinski definition) is 4. The van der Waals surface area contributed by atoms with Crippen LogP contribution >= 0.6 is 27.3 Å². The number of aromatic nitrogens is 1. The van der Waals surface area contributed by atoms with Gasteiger partial charge in [-0.25, -0.2) is 0 Å². The van der Waals surface area contributed by atoms with Gasteiger partial charge in [-0.1, -0.05) is 33.2 Å². The van der Waals surface area contributed by atoms with Gasteiger partial charge in [0.1, 0.15) is 5.69 Å². The first-order valence-electron chi connectivity index (χ1n) is 5.71. The minimum atomic E-state index is 0.346. The Bertz CT molecular complexity index is 733. The number of nitrogens with zero attached hydrogens (tertiary/aromatic N) is 1. The average molecular weight is 335 g/mol. The molecule has 96 valence electrons. The number of rotatable bonds is 2. The lowest BCUT2D eigenvalue weighted by Gasteiger charge is -2.03. The number of nitrogens with two attached hydrogens (primary N) is 1. The molecule has 0 bridgehead atoms. The predicted octanol–water partition coefficient (Wildman–Crippen LogP) is 4.72. The van der Waals surface area contributed by atoms with E-state index in [2.05, 4.69) is 38.8 Å². The van der Waals surface area contributed by atoms with E-state index in [0.717, 1.165) is 26.9 Å². The van der Waals surface area contributed by atoms with Gasteiger partial charge in [0, 0.05) is 15.4 Å². The van der Waals surface area contributed by atoms with E-state index in [1.54, 1.807) is 11.3 Å². The fraction of sp³-hybridized carbons (Fsp3) is 0.0714. The first kappa shape index (κ1) is 12.4. The molecule has 2 aromatic heterocycles. The molecular formula is C14H11BrN2OS. The summed E-state index contributed by atoms with van der Waals surface area (Å²) < 4.78 is 6.18. The van der Waals surface area contributed by atoms with Crippen LogP contribution in [0.5, 0.6) is 0 Å². The third kappa shape index (κ3) is 2.19. The van der Waals surface area contributed by atoms with Crippen molar-refractivity contribution in [1.29, 1.82) is 0 Å². The number of halogens is 1. The lowest BCUT2D eigenvalue weighted by atomic mass is 10.0. The maximum Gasteiger partial charge on any atom is 0.230 e. The molecule has 0 fully saturated rings. The van der Waals surface area contributed by atoms with E-state index in [9.17, 15) is 0 Å². The smallest absolute Gasteiger partial charge is 0.230 e. The molecule has 0 unspecified atom stereocenters. The minimum absolute atomic E-state index is 0.346. The monoisotopic (exact) mass is 334 g/mol. The van der Waals surface area contributed by atoms with Gasteiger partial charge in [0.05, 0.1) is 5.56 Å². The first-order valence-corrected chi connectivity index (χ1v) is 7.44. The second-order valence-corrected chi connectivity index (χ2v) is 5.91. The number of nitrogen functional groups attached to an aromatic ring is 1. The Morgan fingerprint density at radius 1 is 1.32 bits per heavy atom. The molecule has 5 heteroatoms. The van der Waals surface area contributed by atoms with Gasteiger partial charge in [-0.2, -0.15) is 11.3 Å². The Kier molecular flexibility index (Phi) is 3.16. The maximum atomic E-state index is 5.94. The standard InChI is InChI=1S/C14H11BrN2OS/c1-8-6-19-7-11(8)13-12(14(16)18-17-13)9-3-2-4-10(15)5-9/h2-7H,16H2,1H3. The molecule has 0 atom stereocenters. The van der Waals surface area contributed by atoms with Crippen LogP contribution in [-0.4, -0.2) is 5.16 Å². The van der Waals surface area contributed by atoms with Gasteiger partial charge in [0.15, 0.2) is 0 Å². The molecular weight excluding hydrogens is 324 g/mol. The molecule has 3 aromatic rings. The highest BCUT2D eigenvalue weighted by Crippen LogP contribution is 2.39. The highest BCUT2D eigenvalue weighted by molar-refractivity contribution is 9.10. The van der Waals surface area contributed by atoms with Gasteiger partial charge in [-0.3, -0.25) is 0 Å². The van der Waals surface area contributed by atoms with Gasteiger partial charge in [0.2, 0.25) is 5.88 Å². The largest absolute Gasteiger partial charge is 0.367 e. The molecule has 3 nitrogen and oxygen atoms in total. The van der Waals surface area contributed by atoms with Crippen LogP contribution < -0.4 is 5.73 Å². The minimum Gasteiger partial charge on any atom is -0.367 e. The lowest BCUT2D eigenvalue weighted by molar-refractivity contribution is 0.439. The van der Waals surface area contributed by atoms with E-state index in [1.165, 1.54) is 5.56 Å². The quantitative estimate of drug-likeness (QED) is 0.737. The zero-order valence-corrected chi connectivity index (χ0v) is 12.6. The highest BCUT2D eigenvalue weighted by atomic mass is 79.9. The summed E-state index contributed by atoms with van der Waals surface area (Å²) in [5.74, 6) is 0.346. The Balaban J connectivity index is 2.22. The van der Waals surface area contributed by atoms with Crippen LogP contribution in [0.15, 0.2) is 44.0 Å². The number of benzene rings is 1. The van der Waals surface area contributed by atoms with E-state index in [-0.39, 0.29) is 0 Å². The fourth-order valence-electron chi connectivity index (χ4n) is 2.01. The molecule has 1 aromatic carbocycles. The van der Waals surface area contributed by atoms with Gasteiger partial charge in [-0.15, -0.1) is 0 Å². The van der Waals surface area contributed by atoms with Gasteiger partial charge < -0.3 is 10.3 Å². The van der Waals surface area contributed by atoms with Crippen molar-refractivity contribution in [1.82, 2.24) is 5.16 Å². The summed E-state index contributed by atoms with van der Waals surface area (Å²) in [5, 5.41) is 8.27. The SMILES string of the molecule is Cc1cscc1-c1noc(N)c1-c1cccc(Br)c1. The molecule has 2 N–H and O–H groups in total. The van der Waals surface area contributed by atoms with Crippen LogP contribution in [0.1, 0.15) is 5.56 Å². The van der Waals surface area contributed by atoms with Crippen molar-refractivity contribution in [3.05, 3.63) is 45.1 Å². The van der Waals surface area contributed by atoms with Crippen molar-refractivity contribution < 1.29 is 4.52 Å². The van der Waals surface area contributed by atoms with Crippen molar-refractivity contribution in [2.24, 2.45) is 0 Å². The van der Waals surface area contributed by atoms with Crippen LogP contribution in [0.4, 0.5) is 5.88 Å². The number of thiophene rings is 1. The van der Waals surface area contributed by atoms with Crippen molar-refractivity contribution >= 4 is 33.2 Å². The van der Waals surface area contributed by atoms with Crippen LogP contribution in [0.25, 0.3) is 22.4 Å². The second-order valence-electron chi connectivity index (χ2n) is 4.25. The van der Waals surface area contributed by atoms with Crippen molar-refractivity contribution in [2.45, 2.75) is 6.92 Å². The molecule has 3 rings (SSSR count). The molecule has 0 spiro atoms. The summed E-state index contributed by atoms with van der Waals surface area (Å²) in [4.78, 5) is 0. The number of aryl methyl sites for hydroxylation is 1. The normalized spacial score (nSPS) is 10.8. The average Bonchev–Trinajstić information content (AvgIpc) is 2.95. The lowest BCUT2D eigenvalue weighted by Crippen LogP contribution is -1.88. The third-order valence-corrected chi connectivity index (χ3v) is 4.30. The van der Waals surface area contributed by atoms with Crippen LogP contribution in [0.2, 0.25) is 0 Å². The zero-order valence-electron chi connectivity index (χ0n) is 10.2. The van der Waals surface area contributed by atoms with E-state index >= 15 is 0 Å². The molecule has 0 amide bonds. The topological polar surface area (TPSA) is 52.0 Å². The summed E-state index contributed by atoms with van der Waals surface area (Å²) >= 11 is 5.12. The maximum absolute atomic E-state index is 5.94. The predicted molar refractivity (Wildman–Crippen MR) is 82.1 cm³/mol. The van der Waals surface area contributed by atoms with Crippen molar-refractivity contribution in [3.63, 3.8) is 0 Å².